The summed E-state index contributed by atoms with van der Waals surface area (Å²) in [6.07, 6.45) is 1.03. The first-order valence-corrected chi connectivity index (χ1v) is 7.41. The van der Waals surface area contributed by atoms with Crippen molar-refractivity contribution in [3.8, 4) is 0 Å². The van der Waals surface area contributed by atoms with Gasteiger partial charge in [-0.2, -0.15) is 5.10 Å². The maximum atomic E-state index is 12.5. The summed E-state index contributed by atoms with van der Waals surface area (Å²) in [4.78, 5) is 12.5. The quantitative estimate of drug-likeness (QED) is 0.815. The number of benzene rings is 1. The Hall–Kier alpha value is -1.65. The van der Waals surface area contributed by atoms with Gasteiger partial charge in [-0.1, -0.05) is 30.7 Å². The number of halogens is 1. The molecule has 0 N–H and O–H groups in total. The lowest BCUT2D eigenvalue weighted by Crippen LogP contribution is -2.08. The highest BCUT2D eigenvalue weighted by molar-refractivity contribution is 6.32. The molecular formula is C16H17ClN2O2. The van der Waals surface area contributed by atoms with Crippen LogP contribution in [0.25, 0.3) is 0 Å². The van der Waals surface area contributed by atoms with Crippen molar-refractivity contribution < 1.29 is 9.53 Å². The van der Waals surface area contributed by atoms with Crippen molar-refractivity contribution in [2.45, 2.75) is 33.0 Å². The van der Waals surface area contributed by atoms with Gasteiger partial charge in [-0.15, -0.1) is 0 Å². The summed E-state index contributed by atoms with van der Waals surface area (Å²) in [5.74, 6) is 0.0530. The molecule has 4 nitrogen and oxygen atoms in total. The lowest BCUT2D eigenvalue weighted by molar-refractivity contribution is 0.0990. The van der Waals surface area contributed by atoms with Crippen molar-refractivity contribution in [3.63, 3.8) is 0 Å². The monoisotopic (exact) mass is 304 g/mol. The van der Waals surface area contributed by atoms with Crippen molar-refractivity contribution in [1.29, 1.82) is 0 Å². The minimum atomic E-state index is 0.0530. The minimum absolute atomic E-state index is 0.0530. The Morgan fingerprint density at radius 2 is 2.14 bits per heavy atom. The molecule has 5 heteroatoms. The molecule has 0 bridgehead atoms. The summed E-state index contributed by atoms with van der Waals surface area (Å²) < 4.78 is 7.08. The number of Topliss-reactive ketones (excluding diaryl/α,β-unsaturated/α-hetero) is 1. The van der Waals surface area contributed by atoms with Gasteiger partial charge < -0.3 is 4.74 Å². The number of ketones is 1. The second-order valence-corrected chi connectivity index (χ2v) is 5.64. The summed E-state index contributed by atoms with van der Waals surface area (Å²) >= 11 is 6.30. The zero-order valence-electron chi connectivity index (χ0n) is 12.1. The first-order valence-electron chi connectivity index (χ1n) is 7.03. The summed E-state index contributed by atoms with van der Waals surface area (Å²) in [6.45, 7) is 3.22. The van der Waals surface area contributed by atoms with E-state index < -0.39 is 0 Å². The molecule has 1 aromatic carbocycles. The topological polar surface area (TPSA) is 44.1 Å². The van der Waals surface area contributed by atoms with Gasteiger partial charge in [0.15, 0.2) is 5.78 Å². The van der Waals surface area contributed by atoms with Crippen molar-refractivity contribution in [3.05, 3.63) is 51.3 Å². The largest absolute Gasteiger partial charge is 0.372 e. The summed E-state index contributed by atoms with van der Waals surface area (Å²) in [5, 5.41) is 4.95. The highest BCUT2D eigenvalue weighted by Gasteiger charge is 2.19. The lowest BCUT2D eigenvalue weighted by Gasteiger charge is -2.05. The van der Waals surface area contributed by atoms with Crippen LogP contribution in [0.4, 0.5) is 0 Å². The number of carbonyl (C=O) groups is 1. The number of hydrogen-bond acceptors (Lipinski definition) is 3. The third-order valence-corrected chi connectivity index (χ3v) is 4.31. The molecule has 0 aliphatic carbocycles. The average molecular weight is 305 g/mol. The summed E-state index contributed by atoms with van der Waals surface area (Å²) in [7, 11) is 1.82. The van der Waals surface area contributed by atoms with Crippen LogP contribution in [0.2, 0.25) is 5.02 Å². The van der Waals surface area contributed by atoms with Crippen molar-refractivity contribution in [2.75, 3.05) is 0 Å². The van der Waals surface area contributed by atoms with Gasteiger partial charge in [0.2, 0.25) is 0 Å². The minimum Gasteiger partial charge on any atom is -0.372 e. The van der Waals surface area contributed by atoms with Gasteiger partial charge in [0, 0.05) is 12.6 Å². The second kappa shape index (κ2) is 5.62. The zero-order valence-corrected chi connectivity index (χ0v) is 12.9. The molecule has 0 saturated heterocycles. The Morgan fingerprint density at radius 3 is 2.86 bits per heavy atom. The Bertz CT molecular complexity index is 707. The molecule has 0 fully saturated rings. The molecule has 3 rings (SSSR count). The van der Waals surface area contributed by atoms with Gasteiger partial charge in [-0.25, -0.2) is 0 Å². The van der Waals surface area contributed by atoms with Gasteiger partial charge in [-0.05, 0) is 23.6 Å². The van der Waals surface area contributed by atoms with Gasteiger partial charge >= 0.3 is 0 Å². The predicted molar refractivity (Wildman–Crippen MR) is 80.6 cm³/mol. The van der Waals surface area contributed by atoms with Crippen molar-refractivity contribution >= 4 is 17.4 Å². The fourth-order valence-corrected chi connectivity index (χ4v) is 2.97. The van der Waals surface area contributed by atoms with Crippen LogP contribution in [0.15, 0.2) is 18.2 Å². The zero-order chi connectivity index (χ0) is 15.0. The Kier molecular flexibility index (Phi) is 3.83. The van der Waals surface area contributed by atoms with Gasteiger partial charge in [0.1, 0.15) is 0 Å². The number of carbonyl (C=O) groups excluding carboxylic acids is 1. The standard InChI is InChI=1S/C16H17ClN2O2/c1-3-13-16(17)14(19(2)18-13)7-15(20)10-4-5-11-8-21-9-12(11)6-10/h4-6H,3,7-9H2,1-2H3. The number of rotatable bonds is 4. The van der Waals surface area contributed by atoms with Gasteiger partial charge in [0.05, 0.1) is 36.0 Å². The van der Waals surface area contributed by atoms with Crippen molar-refractivity contribution in [1.82, 2.24) is 9.78 Å². The number of fused-ring (bicyclic) bond motifs is 1. The van der Waals surface area contributed by atoms with Crippen LogP contribution in [0.3, 0.4) is 0 Å². The molecule has 0 spiro atoms. The van der Waals surface area contributed by atoms with E-state index in [9.17, 15) is 4.79 Å². The smallest absolute Gasteiger partial charge is 0.168 e. The first-order chi connectivity index (χ1) is 10.1. The molecule has 1 aromatic heterocycles. The predicted octanol–water partition coefficient (Wildman–Crippen LogP) is 3.09. The molecule has 21 heavy (non-hydrogen) atoms. The van der Waals surface area contributed by atoms with E-state index in [2.05, 4.69) is 5.10 Å². The lowest BCUT2D eigenvalue weighted by atomic mass is 10.0. The maximum Gasteiger partial charge on any atom is 0.168 e. The van der Waals surface area contributed by atoms with E-state index in [1.807, 2.05) is 32.2 Å². The molecule has 1 aliphatic rings. The fourth-order valence-electron chi connectivity index (χ4n) is 2.61. The van der Waals surface area contributed by atoms with Gasteiger partial charge in [0.25, 0.3) is 0 Å². The first kappa shape index (κ1) is 14.3. The van der Waals surface area contributed by atoms with Crippen molar-refractivity contribution in [2.24, 2.45) is 7.05 Å². The summed E-state index contributed by atoms with van der Waals surface area (Å²) in [5.41, 5.74) is 4.58. The average Bonchev–Trinajstić information content (AvgIpc) is 3.05. The molecule has 2 aromatic rings. The van der Waals surface area contributed by atoms with E-state index in [0.29, 0.717) is 23.8 Å². The third-order valence-electron chi connectivity index (χ3n) is 3.87. The number of hydrogen-bond donors (Lipinski definition) is 0. The van der Waals surface area contributed by atoms with Crippen LogP contribution >= 0.6 is 11.6 Å². The molecule has 110 valence electrons. The van der Waals surface area contributed by atoms with Crippen LogP contribution < -0.4 is 0 Å². The fraction of sp³-hybridized carbons (Fsp3) is 0.375. The molecular weight excluding hydrogens is 288 g/mol. The van der Waals surface area contributed by atoms with Crippen LogP contribution in [0.5, 0.6) is 0 Å². The Morgan fingerprint density at radius 1 is 1.38 bits per heavy atom. The van der Waals surface area contributed by atoms with Gasteiger partial charge in [-0.3, -0.25) is 9.48 Å². The molecule has 0 atom stereocenters. The summed E-state index contributed by atoms with van der Waals surface area (Å²) in [6, 6.07) is 5.76. The normalized spacial score (nSPS) is 13.5. The Balaban J connectivity index is 1.85. The molecule has 0 unspecified atom stereocenters. The van der Waals surface area contributed by atoms with Crippen LogP contribution in [-0.4, -0.2) is 15.6 Å². The SMILES string of the molecule is CCc1nn(C)c(CC(=O)c2ccc3c(c2)COC3)c1Cl. The molecule has 0 amide bonds. The maximum absolute atomic E-state index is 12.5. The molecule has 0 saturated carbocycles. The highest BCUT2D eigenvalue weighted by atomic mass is 35.5. The number of aryl methyl sites for hydroxylation is 2. The third kappa shape index (κ3) is 2.61. The molecule has 1 aliphatic heterocycles. The number of ether oxygens (including phenoxy) is 1. The van der Waals surface area contributed by atoms with Crippen LogP contribution in [0, 0.1) is 0 Å². The molecule has 0 radical (unpaired) electrons. The van der Waals surface area contributed by atoms with E-state index in [-0.39, 0.29) is 12.2 Å². The van der Waals surface area contributed by atoms with Crippen LogP contribution in [0.1, 0.15) is 39.8 Å². The number of nitrogens with zero attached hydrogens (tertiary/aromatic N) is 2. The van der Waals surface area contributed by atoms with E-state index in [0.717, 1.165) is 23.4 Å². The van der Waals surface area contributed by atoms with E-state index in [1.54, 1.807) is 4.68 Å². The number of aromatic nitrogens is 2. The highest BCUT2D eigenvalue weighted by Crippen LogP contribution is 2.24. The van der Waals surface area contributed by atoms with E-state index in [1.165, 1.54) is 5.56 Å². The van der Waals surface area contributed by atoms with E-state index in [4.69, 9.17) is 16.3 Å². The Labute approximate surface area is 128 Å². The van der Waals surface area contributed by atoms with E-state index >= 15 is 0 Å². The second-order valence-electron chi connectivity index (χ2n) is 5.26. The van der Waals surface area contributed by atoms with Crippen LogP contribution in [-0.2, 0) is 37.8 Å². The molecule has 2 heterocycles.